The molecule has 0 atom stereocenters. The SMILES string of the molecule is Nc1ccc(-n2cc(-c3ccccc3)nn2)cc1. The third-order valence-corrected chi connectivity index (χ3v) is 2.72. The average Bonchev–Trinajstić information content (AvgIpc) is 2.90. The zero-order chi connectivity index (χ0) is 12.4. The number of nitrogens with zero attached hydrogens (tertiary/aromatic N) is 3. The van der Waals surface area contributed by atoms with Crippen LogP contribution < -0.4 is 5.73 Å². The quantitative estimate of drug-likeness (QED) is 0.695. The molecule has 0 amide bonds. The van der Waals surface area contributed by atoms with Gasteiger partial charge in [-0.1, -0.05) is 35.5 Å². The van der Waals surface area contributed by atoms with Crippen LogP contribution in [0.4, 0.5) is 5.69 Å². The Morgan fingerprint density at radius 2 is 1.61 bits per heavy atom. The van der Waals surface area contributed by atoms with Crippen LogP contribution in [-0.2, 0) is 0 Å². The molecule has 0 unspecified atom stereocenters. The molecule has 0 saturated carbocycles. The van der Waals surface area contributed by atoms with E-state index in [2.05, 4.69) is 10.3 Å². The Balaban J connectivity index is 1.97. The summed E-state index contributed by atoms with van der Waals surface area (Å²) >= 11 is 0. The van der Waals surface area contributed by atoms with Crippen LogP contribution in [0.5, 0.6) is 0 Å². The number of nitrogen functional groups attached to an aromatic ring is 1. The Morgan fingerprint density at radius 3 is 2.33 bits per heavy atom. The maximum atomic E-state index is 5.66. The van der Waals surface area contributed by atoms with Gasteiger partial charge < -0.3 is 5.73 Å². The molecule has 0 aliphatic heterocycles. The number of nitrogens with two attached hydrogens (primary N) is 1. The first-order valence-corrected chi connectivity index (χ1v) is 5.66. The van der Waals surface area contributed by atoms with Crippen molar-refractivity contribution in [2.45, 2.75) is 0 Å². The van der Waals surface area contributed by atoms with E-state index in [9.17, 15) is 0 Å². The van der Waals surface area contributed by atoms with Crippen molar-refractivity contribution in [1.29, 1.82) is 0 Å². The Labute approximate surface area is 105 Å². The lowest BCUT2D eigenvalue weighted by molar-refractivity contribution is 0.804. The first kappa shape index (κ1) is 10.5. The maximum absolute atomic E-state index is 5.66. The maximum Gasteiger partial charge on any atom is 0.113 e. The molecule has 0 radical (unpaired) electrons. The Kier molecular flexibility index (Phi) is 2.53. The highest BCUT2D eigenvalue weighted by molar-refractivity contribution is 5.58. The lowest BCUT2D eigenvalue weighted by Crippen LogP contribution is -1.95. The second kappa shape index (κ2) is 4.33. The van der Waals surface area contributed by atoms with Gasteiger partial charge in [-0.2, -0.15) is 0 Å². The van der Waals surface area contributed by atoms with Crippen LogP contribution in [0.25, 0.3) is 16.9 Å². The van der Waals surface area contributed by atoms with Crippen molar-refractivity contribution in [3.8, 4) is 16.9 Å². The van der Waals surface area contributed by atoms with Crippen molar-refractivity contribution < 1.29 is 0 Å². The van der Waals surface area contributed by atoms with Crippen LogP contribution in [0.2, 0.25) is 0 Å². The third-order valence-electron chi connectivity index (χ3n) is 2.72. The molecule has 2 N–H and O–H groups in total. The molecule has 88 valence electrons. The second-order valence-corrected chi connectivity index (χ2v) is 4.01. The van der Waals surface area contributed by atoms with Gasteiger partial charge in [0, 0.05) is 11.3 Å². The van der Waals surface area contributed by atoms with Gasteiger partial charge in [-0.3, -0.25) is 0 Å². The van der Waals surface area contributed by atoms with E-state index < -0.39 is 0 Å². The minimum absolute atomic E-state index is 0.738. The van der Waals surface area contributed by atoms with Gasteiger partial charge in [-0.25, -0.2) is 4.68 Å². The van der Waals surface area contributed by atoms with Crippen molar-refractivity contribution in [1.82, 2.24) is 15.0 Å². The zero-order valence-corrected chi connectivity index (χ0v) is 9.69. The van der Waals surface area contributed by atoms with Gasteiger partial charge in [-0.15, -0.1) is 5.10 Å². The zero-order valence-electron chi connectivity index (χ0n) is 9.69. The van der Waals surface area contributed by atoms with Crippen LogP contribution in [0.15, 0.2) is 60.8 Å². The molecule has 2 aromatic carbocycles. The highest BCUT2D eigenvalue weighted by Crippen LogP contribution is 2.17. The summed E-state index contributed by atoms with van der Waals surface area (Å²) in [6.45, 7) is 0. The molecule has 0 saturated heterocycles. The number of aromatic nitrogens is 3. The normalized spacial score (nSPS) is 10.4. The fraction of sp³-hybridized carbons (Fsp3) is 0. The fourth-order valence-electron chi connectivity index (χ4n) is 1.76. The van der Waals surface area contributed by atoms with Crippen molar-refractivity contribution in [2.75, 3.05) is 5.73 Å². The molecule has 0 bridgehead atoms. The summed E-state index contributed by atoms with van der Waals surface area (Å²) < 4.78 is 1.74. The first-order chi connectivity index (χ1) is 8.83. The van der Waals surface area contributed by atoms with Gasteiger partial charge in [0.15, 0.2) is 0 Å². The lowest BCUT2D eigenvalue weighted by atomic mass is 10.2. The molecular formula is C14H12N4. The van der Waals surface area contributed by atoms with E-state index in [-0.39, 0.29) is 0 Å². The monoisotopic (exact) mass is 236 g/mol. The van der Waals surface area contributed by atoms with Crippen LogP contribution in [0.3, 0.4) is 0 Å². The van der Waals surface area contributed by atoms with Crippen molar-refractivity contribution in [2.24, 2.45) is 0 Å². The third kappa shape index (κ3) is 1.96. The molecule has 0 aliphatic carbocycles. The molecule has 4 heteroatoms. The van der Waals surface area contributed by atoms with Crippen LogP contribution in [0, 0.1) is 0 Å². The topological polar surface area (TPSA) is 56.7 Å². The highest BCUT2D eigenvalue weighted by atomic mass is 15.4. The minimum atomic E-state index is 0.738. The van der Waals surface area contributed by atoms with Crippen LogP contribution in [-0.4, -0.2) is 15.0 Å². The Bertz CT molecular complexity index is 641. The van der Waals surface area contributed by atoms with E-state index in [0.717, 1.165) is 22.6 Å². The summed E-state index contributed by atoms with van der Waals surface area (Å²) in [6, 6.07) is 17.5. The summed E-state index contributed by atoms with van der Waals surface area (Å²) in [7, 11) is 0. The van der Waals surface area contributed by atoms with E-state index in [1.54, 1.807) is 4.68 Å². The van der Waals surface area contributed by atoms with Gasteiger partial charge in [-0.05, 0) is 24.3 Å². The van der Waals surface area contributed by atoms with Gasteiger partial charge in [0.1, 0.15) is 5.69 Å². The van der Waals surface area contributed by atoms with Crippen molar-refractivity contribution in [3.05, 3.63) is 60.8 Å². The largest absolute Gasteiger partial charge is 0.399 e. The number of hydrogen-bond acceptors (Lipinski definition) is 3. The summed E-state index contributed by atoms with van der Waals surface area (Å²) in [4.78, 5) is 0. The molecule has 1 heterocycles. The minimum Gasteiger partial charge on any atom is -0.399 e. The smallest absolute Gasteiger partial charge is 0.113 e. The molecule has 4 nitrogen and oxygen atoms in total. The van der Waals surface area contributed by atoms with Crippen LogP contribution >= 0.6 is 0 Å². The molecule has 0 fully saturated rings. The number of rotatable bonds is 2. The van der Waals surface area contributed by atoms with E-state index in [4.69, 9.17) is 5.73 Å². The molecule has 1 aromatic heterocycles. The first-order valence-electron chi connectivity index (χ1n) is 5.66. The van der Waals surface area contributed by atoms with Gasteiger partial charge in [0.25, 0.3) is 0 Å². The second-order valence-electron chi connectivity index (χ2n) is 4.01. The van der Waals surface area contributed by atoms with Gasteiger partial charge in [0.05, 0.1) is 11.9 Å². The Morgan fingerprint density at radius 1 is 0.889 bits per heavy atom. The molecule has 0 spiro atoms. The highest BCUT2D eigenvalue weighted by Gasteiger charge is 2.04. The predicted molar refractivity (Wildman–Crippen MR) is 71.2 cm³/mol. The standard InChI is InChI=1S/C14H12N4/c15-12-6-8-13(9-7-12)18-10-14(16-17-18)11-4-2-1-3-5-11/h1-10H,15H2. The molecule has 0 aliphatic rings. The summed E-state index contributed by atoms with van der Waals surface area (Å²) in [5.41, 5.74) is 9.25. The Hall–Kier alpha value is -2.62. The molecular weight excluding hydrogens is 224 g/mol. The molecule has 3 rings (SSSR count). The molecule has 18 heavy (non-hydrogen) atoms. The van der Waals surface area contributed by atoms with Crippen LogP contribution in [0.1, 0.15) is 0 Å². The van der Waals surface area contributed by atoms with Crippen molar-refractivity contribution in [3.63, 3.8) is 0 Å². The van der Waals surface area contributed by atoms with E-state index in [1.165, 1.54) is 0 Å². The fourth-order valence-corrected chi connectivity index (χ4v) is 1.76. The molecule has 3 aromatic rings. The van der Waals surface area contributed by atoms with E-state index in [1.807, 2.05) is 60.8 Å². The van der Waals surface area contributed by atoms with Gasteiger partial charge >= 0.3 is 0 Å². The predicted octanol–water partition coefficient (Wildman–Crippen LogP) is 2.52. The van der Waals surface area contributed by atoms with Crippen molar-refractivity contribution >= 4 is 5.69 Å². The number of anilines is 1. The summed E-state index contributed by atoms with van der Waals surface area (Å²) in [5, 5.41) is 8.29. The average molecular weight is 236 g/mol. The lowest BCUT2D eigenvalue weighted by Gasteiger charge is -1.99. The van der Waals surface area contributed by atoms with E-state index in [0.29, 0.717) is 0 Å². The number of benzene rings is 2. The number of hydrogen-bond donors (Lipinski definition) is 1. The van der Waals surface area contributed by atoms with E-state index >= 15 is 0 Å². The van der Waals surface area contributed by atoms with Gasteiger partial charge in [0.2, 0.25) is 0 Å². The summed E-state index contributed by atoms with van der Waals surface area (Å²) in [6.07, 6.45) is 1.90. The summed E-state index contributed by atoms with van der Waals surface area (Å²) in [5.74, 6) is 0.